The Bertz CT molecular complexity index is 3290. The van der Waals surface area contributed by atoms with Crippen molar-refractivity contribution in [2.75, 3.05) is 0 Å². The zero-order valence-corrected chi connectivity index (χ0v) is 23.4. The first-order valence-electron chi connectivity index (χ1n) is 21.7. The van der Waals surface area contributed by atoms with Crippen LogP contribution >= 0.6 is 0 Å². The lowest BCUT2D eigenvalue weighted by molar-refractivity contribution is 0.669. The van der Waals surface area contributed by atoms with Gasteiger partial charge in [-0.1, -0.05) is 151 Å². The van der Waals surface area contributed by atoms with E-state index in [2.05, 4.69) is 0 Å². The van der Waals surface area contributed by atoms with Crippen LogP contribution in [0.1, 0.15) is 20.6 Å². The summed E-state index contributed by atoms with van der Waals surface area (Å²) in [5, 5.41) is 1.74. The summed E-state index contributed by atoms with van der Waals surface area (Å²) in [7, 11) is 0. The summed E-state index contributed by atoms with van der Waals surface area (Å²) in [6, 6.07) is 14.4. The minimum Gasteiger partial charge on any atom is -0.456 e. The van der Waals surface area contributed by atoms with Gasteiger partial charge >= 0.3 is 0 Å². The van der Waals surface area contributed by atoms with Crippen LogP contribution < -0.4 is 0 Å². The molecule has 0 fully saturated rings. The molecule has 0 aliphatic rings. The summed E-state index contributed by atoms with van der Waals surface area (Å²) in [6.45, 7) is 0. The molecule has 0 atom stereocenters. The van der Waals surface area contributed by atoms with Crippen LogP contribution in [0.5, 0.6) is 0 Å². The number of furan rings is 1. The highest BCUT2D eigenvalue weighted by Crippen LogP contribution is 2.48. The topological polar surface area (TPSA) is 13.1 Å². The Balaban J connectivity index is 1.51. The maximum absolute atomic E-state index is 9.53. The molecule has 0 spiro atoms. The highest BCUT2D eigenvalue weighted by molar-refractivity contribution is 6.26. The fraction of sp³-hybridized carbons (Fsp3) is 0. The van der Waals surface area contributed by atoms with Gasteiger partial charge in [-0.15, -0.1) is 0 Å². The lowest BCUT2D eigenvalue weighted by atomic mass is 9.83. The molecule has 0 aliphatic heterocycles. The second-order valence-electron chi connectivity index (χ2n) is 10.5. The van der Waals surface area contributed by atoms with E-state index in [1.807, 2.05) is 0 Å². The third kappa shape index (κ3) is 4.09. The molecule has 45 heavy (non-hydrogen) atoms. The summed E-state index contributed by atoms with van der Waals surface area (Å²) in [6.07, 6.45) is 0. The second kappa shape index (κ2) is 10.4. The Kier molecular flexibility index (Phi) is 3.39. The minimum absolute atomic E-state index is 0.0692. The molecule has 1 aromatic heterocycles. The van der Waals surface area contributed by atoms with Crippen molar-refractivity contribution in [3.8, 4) is 44.5 Å². The van der Waals surface area contributed by atoms with Gasteiger partial charge in [-0.25, -0.2) is 0 Å². The molecule has 210 valence electrons. The van der Waals surface area contributed by atoms with Crippen LogP contribution in [0.3, 0.4) is 0 Å². The fourth-order valence-corrected chi connectivity index (χ4v) is 6.12. The maximum Gasteiger partial charge on any atom is 0.136 e. The molecule has 0 bridgehead atoms. The first-order valence-corrected chi connectivity index (χ1v) is 14.2. The summed E-state index contributed by atoms with van der Waals surface area (Å²) in [5.41, 5.74) is 0.141. The van der Waals surface area contributed by atoms with Crippen LogP contribution in [-0.2, 0) is 0 Å². The van der Waals surface area contributed by atoms with E-state index in [1.54, 1.807) is 78.9 Å². The average molecular weight is 588 g/mol. The first-order chi connectivity index (χ1) is 28.6. The summed E-state index contributed by atoms with van der Waals surface area (Å²) in [5.74, 6) is 0. The number of hydrogen-bond acceptors (Lipinski definition) is 1. The predicted molar refractivity (Wildman–Crippen MR) is 190 cm³/mol. The molecule has 0 radical (unpaired) electrons. The molecule has 9 rings (SSSR count). The standard InChI is InChI=1S/C44H28O/c1-3-14-29(15-4-1)31-26-27-40-39(28-31)44-38(24-13-25-41(44)45-40)43-36-22-11-9-20-34(36)42(35-21-10-12-23-37(35)43)33-19-8-7-18-32(33)30-16-5-2-6-17-30/h1-28H/i2D,5D,6D,7D,8D,13D,16D,17D,18D,19D,24D,25D,26D,27D,28D. The molecule has 0 saturated carbocycles. The van der Waals surface area contributed by atoms with Gasteiger partial charge in [0.15, 0.2) is 0 Å². The molecule has 0 amide bonds. The van der Waals surface area contributed by atoms with Gasteiger partial charge in [-0.2, -0.15) is 0 Å². The van der Waals surface area contributed by atoms with Gasteiger partial charge in [-0.3, -0.25) is 0 Å². The van der Waals surface area contributed by atoms with Gasteiger partial charge in [0.25, 0.3) is 0 Å². The maximum atomic E-state index is 9.53. The van der Waals surface area contributed by atoms with E-state index in [4.69, 9.17) is 20.9 Å². The zero-order chi connectivity index (χ0) is 42.8. The largest absolute Gasteiger partial charge is 0.456 e. The molecule has 9 aromatic rings. The monoisotopic (exact) mass is 587 g/mol. The Labute approximate surface area is 282 Å². The van der Waals surface area contributed by atoms with Crippen LogP contribution in [0.15, 0.2) is 174 Å². The highest BCUT2D eigenvalue weighted by atomic mass is 16.3. The summed E-state index contributed by atoms with van der Waals surface area (Å²) < 4.78 is 140. The van der Waals surface area contributed by atoms with Gasteiger partial charge in [0.1, 0.15) is 11.2 Å². The van der Waals surface area contributed by atoms with Crippen molar-refractivity contribution in [2.24, 2.45) is 0 Å². The number of rotatable bonds is 4. The minimum atomic E-state index is -0.685. The van der Waals surface area contributed by atoms with Gasteiger partial charge in [-0.05, 0) is 84.2 Å². The van der Waals surface area contributed by atoms with Crippen molar-refractivity contribution >= 4 is 43.5 Å². The van der Waals surface area contributed by atoms with E-state index in [0.717, 1.165) is 0 Å². The second-order valence-corrected chi connectivity index (χ2v) is 10.5. The average Bonchev–Trinajstić information content (AvgIpc) is 3.66. The number of fused-ring (bicyclic) bond motifs is 5. The smallest absolute Gasteiger partial charge is 0.136 e. The Hall–Kier alpha value is -5.92. The van der Waals surface area contributed by atoms with Gasteiger partial charge in [0, 0.05) is 10.8 Å². The molecule has 0 unspecified atom stereocenters. The van der Waals surface area contributed by atoms with E-state index in [0.29, 0.717) is 32.7 Å². The Morgan fingerprint density at radius 1 is 0.378 bits per heavy atom. The summed E-state index contributed by atoms with van der Waals surface area (Å²) in [4.78, 5) is 0. The zero-order valence-electron chi connectivity index (χ0n) is 38.4. The SMILES string of the molecule is [2H]c1c([2H])c([2H])c(-c2c([2H])c([2H])c([2H])c([2H])c2-c2c3ccccc3c(-c3c([2H])c([2H])c([2H])c4oc5c([2H])c([2H])c(-c6ccccc6)c([2H])c5c34)c3ccccc23)c([2H])c1[2H]. The molecule has 0 saturated heterocycles. The molecule has 8 aromatic carbocycles. The van der Waals surface area contributed by atoms with E-state index < -0.39 is 72.0 Å². The van der Waals surface area contributed by atoms with E-state index >= 15 is 0 Å². The van der Waals surface area contributed by atoms with Crippen molar-refractivity contribution in [3.05, 3.63) is 169 Å². The normalized spacial score (nSPS) is 16.2. The molecule has 0 aliphatic carbocycles. The van der Waals surface area contributed by atoms with Crippen molar-refractivity contribution < 1.29 is 25.0 Å². The van der Waals surface area contributed by atoms with Crippen LogP contribution in [0, 0.1) is 0 Å². The molecular weight excluding hydrogens is 544 g/mol. The molecule has 1 nitrogen and oxygen atoms in total. The van der Waals surface area contributed by atoms with E-state index in [9.17, 15) is 4.11 Å². The van der Waals surface area contributed by atoms with Crippen molar-refractivity contribution in [1.82, 2.24) is 0 Å². The Morgan fingerprint density at radius 2 is 0.956 bits per heavy atom. The van der Waals surface area contributed by atoms with Crippen molar-refractivity contribution in [2.45, 2.75) is 0 Å². The molecule has 0 N–H and O–H groups in total. The number of benzene rings is 8. The Morgan fingerprint density at radius 3 is 1.64 bits per heavy atom. The summed E-state index contributed by atoms with van der Waals surface area (Å²) >= 11 is 0. The third-order valence-corrected chi connectivity index (χ3v) is 8.00. The molecule has 1 heterocycles. The van der Waals surface area contributed by atoms with E-state index in [1.165, 1.54) is 0 Å². The van der Waals surface area contributed by atoms with Crippen LogP contribution in [-0.4, -0.2) is 0 Å². The molecular formula is C44H28O. The lowest BCUT2D eigenvalue weighted by Gasteiger charge is -2.20. The fourth-order valence-electron chi connectivity index (χ4n) is 6.12. The van der Waals surface area contributed by atoms with Gasteiger partial charge < -0.3 is 4.42 Å². The molecule has 1 heteroatoms. The van der Waals surface area contributed by atoms with E-state index in [-0.39, 0.29) is 73.9 Å². The van der Waals surface area contributed by atoms with Crippen LogP contribution in [0.2, 0.25) is 0 Å². The van der Waals surface area contributed by atoms with Gasteiger partial charge in [0.2, 0.25) is 0 Å². The predicted octanol–water partition coefficient (Wildman–Crippen LogP) is 12.6. The number of hydrogen-bond donors (Lipinski definition) is 0. The van der Waals surface area contributed by atoms with Crippen molar-refractivity contribution in [3.63, 3.8) is 0 Å². The quantitative estimate of drug-likeness (QED) is 0.187. The first kappa shape index (κ1) is 14.7. The lowest BCUT2D eigenvalue weighted by Crippen LogP contribution is -1.93. The van der Waals surface area contributed by atoms with Crippen LogP contribution in [0.25, 0.3) is 88.0 Å². The van der Waals surface area contributed by atoms with Crippen LogP contribution in [0.4, 0.5) is 0 Å². The highest BCUT2D eigenvalue weighted by Gasteiger charge is 2.21. The third-order valence-electron chi connectivity index (χ3n) is 8.00. The van der Waals surface area contributed by atoms with Gasteiger partial charge in [0.05, 0.1) is 20.6 Å². The van der Waals surface area contributed by atoms with Crippen molar-refractivity contribution in [1.29, 1.82) is 0 Å².